The molecule has 1 aliphatic carbocycles. The molecule has 0 radical (unpaired) electrons. The number of aliphatic imine (C=N–C) groups is 1. The molecule has 0 spiro atoms. The number of guanidine groups is 1. The molecule has 4 nitrogen and oxygen atoms in total. The van der Waals surface area contributed by atoms with Crippen LogP contribution in [0.5, 0.6) is 5.75 Å². The summed E-state index contributed by atoms with van der Waals surface area (Å²) in [5.74, 6) is 0.722. The van der Waals surface area contributed by atoms with E-state index in [2.05, 4.69) is 21.9 Å². The van der Waals surface area contributed by atoms with Crippen molar-refractivity contribution in [1.29, 1.82) is 0 Å². The lowest BCUT2D eigenvalue weighted by Gasteiger charge is -2.20. The highest BCUT2D eigenvalue weighted by molar-refractivity contribution is 7.99. The second-order valence-corrected chi connectivity index (χ2v) is 6.96. The molecule has 1 aliphatic rings. The summed E-state index contributed by atoms with van der Waals surface area (Å²) in [6.07, 6.45) is 5.61. The van der Waals surface area contributed by atoms with Crippen LogP contribution in [0.2, 0.25) is 0 Å². The largest absolute Gasteiger partial charge is 0.486 e. The molecule has 0 bridgehead atoms. The van der Waals surface area contributed by atoms with Gasteiger partial charge < -0.3 is 15.4 Å². The smallest absolute Gasteiger partial charge is 0.191 e. The predicted molar refractivity (Wildman–Crippen MR) is 95.9 cm³/mol. The monoisotopic (exact) mass is 339 g/mol. The third-order valence-electron chi connectivity index (χ3n) is 4.00. The lowest BCUT2D eigenvalue weighted by Crippen LogP contribution is -2.45. The first kappa shape index (κ1) is 17.9. The van der Waals surface area contributed by atoms with Gasteiger partial charge in [0.05, 0.1) is 6.54 Å². The Morgan fingerprint density at radius 3 is 2.87 bits per heavy atom. The third kappa shape index (κ3) is 5.61. The van der Waals surface area contributed by atoms with E-state index >= 15 is 0 Å². The normalized spacial score (nSPS) is 22.7. The van der Waals surface area contributed by atoms with Gasteiger partial charge in [0.1, 0.15) is 6.10 Å². The first-order valence-corrected chi connectivity index (χ1v) is 9.32. The Kier molecular flexibility index (Phi) is 7.02. The van der Waals surface area contributed by atoms with Gasteiger partial charge in [0, 0.05) is 18.3 Å². The van der Waals surface area contributed by atoms with E-state index in [1.54, 1.807) is 25.2 Å². The van der Waals surface area contributed by atoms with Gasteiger partial charge in [-0.25, -0.2) is 4.39 Å². The van der Waals surface area contributed by atoms with E-state index in [4.69, 9.17) is 4.74 Å². The van der Waals surface area contributed by atoms with Crippen LogP contribution in [-0.4, -0.2) is 43.2 Å². The van der Waals surface area contributed by atoms with Crippen LogP contribution in [0, 0.1) is 5.82 Å². The highest BCUT2D eigenvalue weighted by Gasteiger charge is 2.24. The van der Waals surface area contributed by atoms with Crippen molar-refractivity contribution in [1.82, 2.24) is 10.6 Å². The van der Waals surface area contributed by atoms with Gasteiger partial charge >= 0.3 is 0 Å². The second-order valence-electron chi connectivity index (χ2n) is 5.82. The number of para-hydroxylation sites is 1. The highest BCUT2D eigenvalue weighted by atomic mass is 32.2. The molecule has 2 N–H and O–H groups in total. The minimum absolute atomic E-state index is 0.159. The number of rotatable bonds is 6. The molecule has 23 heavy (non-hydrogen) atoms. The molecule has 3 unspecified atom stereocenters. The lowest BCUT2D eigenvalue weighted by atomic mass is 10.2. The first-order chi connectivity index (χ1) is 11.1. The Balaban J connectivity index is 1.76. The number of ether oxygens (including phenoxy) is 1. The number of halogens is 1. The van der Waals surface area contributed by atoms with Gasteiger partial charge in [-0.1, -0.05) is 12.1 Å². The zero-order valence-electron chi connectivity index (χ0n) is 14.0. The van der Waals surface area contributed by atoms with Crippen LogP contribution in [0.1, 0.15) is 26.2 Å². The van der Waals surface area contributed by atoms with Crippen LogP contribution in [0.3, 0.4) is 0 Å². The van der Waals surface area contributed by atoms with Crippen molar-refractivity contribution in [3.05, 3.63) is 30.1 Å². The van der Waals surface area contributed by atoms with Crippen LogP contribution >= 0.6 is 11.8 Å². The molecular formula is C17H26FN3OS. The Morgan fingerprint density at radius 1 is 1.43 bits per heavy atom. The maximum atomic E-state index is 13.6. The first-order valence-electron chi connectivity index (χ1n) is 8.03. The summed E-state index contributed by atoms with van der Waals surface area (Å²) in [5.41, 5.74) is 0. The van der Waals surface area contributed by atoms with Crippen molar-refractivity contribution in [3.8, 4) is 5.75 Å². The van der Waals surface area contributed by atoms with Gasteiger partial charge in [-0.3, -0.25) is 4.99 Å². The van der Waals surface area contributed by atoms with Gasteiger partial charge in [0.15, 0.2) is 17.5 Å². The number of benzene rings is 1. The predicted octanol–water partition coefficient (Wildman–Crippen LogP) is 3.04. The summed E-state index contributed by atoms with van der Waals surface area (Å²) < 4.78 is 19.2. The molecule has 3 atom stereocenters. The zero-order chi connectivity index (χ0) is 16.7. The van der Waals surface area contributed by atoms with Gasteiger partial charge in [0.2, 0.25) is 0 Å². The molecular weight excluding hydrogens is 313 g/mol. The van der Waals surface area contributed by atoms with Gasteiger partial charge in [-0.15, -0.1) is 0 Å². The number of hydrogen-bond donors (Lipinski definition) is 2. The van der Waals surface area contributed by atoms with Crippen molar-refractivity contribution < 1.29 is 9.13 Å². The van der Waals surface area contributed by atoms with Crippen molar-refractivity contribution >= 4 is 17.7 Å². The van der Waals surface area contributed by atoms with Gasteiger partial charge in [0.25, 0.3) is 0 Å². The molecule has 0 aliphatic heterocycles. The molecule has 1 saturated carbocycles. The van der Waals surface area contributed by atoms with E-state index in [0.29, 0.717) is 12.6 Å². The van der Waals surface area contributed by atoms with E-state index in [1.165, 1.54) is 25.3 Å². The molecule has 1 aromatic carbocycles. The van der Waals surface area contributed by atoms with Gasteiger partial charge in [-0.2, -0.15) is 11.8 Å². The Hall–Kier alpha value is -1.43. The summed E-state index contributed by atoms with van der Waals surface area (Å²) in [7, 11) is 1.76. The number of thioether (sulfide) groups is 1. The van der Waals surface area contributed by atoms with Crippen molar-refractivity contribution in [2.75, 3.05) is 19.8 Å². The van der Waals surface area contributed by atoms with E-state index in [-0.39, 0.29) is 17.7 Å². The fourth-order valence-corrected chi connectivity index (χ4v) is 3.51. The van der Waals surface area contributed by atoms with E-state index in [9.17, 15) is 4.39 Å². The molecule has 0 amide bonds. The molecule has 128 valence electrons. The van der Waals surface area contributed by atoms with Crippen LogP contribution in [0.25, 0.3) is 0 Å². The van der Waals surface area contributed by atoms with Crippen molar-refractivity contribution in [2.45, 2.75) is 43.6 Å². The number of nitrogens with zero attached hydrogens (tertiary/aromatic N) is 1. The van der Waals surface area contributed by atoms with E-state index in [0.717, 1.165) is 11.2 Å². The van der Waals surface area contributed by atoms with Crippen molar-refractivity contribution in [2.24, 2.45) is 4.99 Å². The van der Waals surface area contributed by atoms with E-state index in [1.807, 2.05) is 18.7 Å². The molecule has 6 heteroatoms. The minimum Gasteiger partial charge on any atom is -0.486 e. The summed E-state index contributed by atoms with van der Waals surface area (Å²) in [5, 5.41) is 7.45. The average Bonchev–Trinajstić information content (AvgIpc) is 3.01. The lowest BCUT2D eigenvalue weighted by molar-refractivity contribution is 0.214. The summed E-state index contributed by atoms with van der Waals surface area (Å²) >= 11 is 1.94. The summed E-state index contributed by atoms with van der Waals surface area (Å²) in [6, 6.07) is 6.93. The molecule has 1 aromatic rings. The number of hydrogen-bond acceptors (Lipinski definition) is 3. The summed E-state index contributed by atoms with van der Waals surface area (Å²) in [4.78, 5) is 4.26. The molecule has 0 aromatic heterocycles. The Bertz CT molecular complexity index is 526. The standard InChI is InChI=1S/C17H26FN3OS/c1-12(22-16-7-5-4-6-15(16)18)11-20-17(19-2)21-13-8-9-14(10-13)23-3/h4-7,12-14H,8-11H2,1-3H3,(H2,19,20,21). The third-order valence-corrected chi connectivity index (χ3v) is 5.10. The van der Waals surface area contributed by atoms with Gasteiger partial charge in [-0.05, 0) is 44.6 Å². The molecule has 0 saturated heterocycles. The second kappa shape index (κ2) is 9.01. The molecule has 0 heterocycles. The fourth-order valence-electron chi connectivity index (χ4n) is 2.71. The average molecular weight is 339 g/mol. The number of nitrogens with one attached hydrogen (secondary N) is 2. The Labute approximate surface area is 142 Å². The minimum atomic E-state index is -0.337. The molecule has 1 fully saturated rings. The fraction of sp³-hybridized carbons (Fsp3) is 0.588. The highest BCUT2D eigenvalue weighted by Crippen LogP contribution is 2.28. The maximum absolute atomic E-state index is 13.6. The van der Waals surface area contributed by atoms with Crippen LogP contribution in [0.4, 0.5) is 4.39 Å². The van der Waals surface area contributed by atoms with Crippen molar-refractivity contribution in [3.63, 3.8) is 0 Å². The quantitative estimate of drug-likeness (QED) is 0.618. The Morgan fingerprint density at radius 2 is 2.22 bits per heavy atom. The molecule has 2 rings (SSSR count). The SMILES string of the molecule is CN=C(NCC(C)Oc1ccccc1F)NC1CCC(SC)C1. The summed E-state index contributed by atoms with van der Waals surface area (Å²) in [6.45, 7) is 2.47. The van der Waals surface area contributed by atoms with Crippen LogP contribution < -0.4 is 15.4 Å². The van der Waals surface area contributed by atoms with Crippen LogP contribution in [0.15, 0.2) is 29.3 Å². The topological polar surface area (TPSA) is 45.7 Å². The van der Waals surface area contributed by atoms with Crippen LogP contribution in [-0.2, 0) is 0 Å². The van der Waals surface area contributed by atoms with E-state index < -0.39 is 0 Å². The zero-order valence-corrected chi connectivity index (χ0v) is 14.8. The maximum Gasteiger partial charge on any atom is 0.191 e.